The van der Waals surface area contributed by atoms with Crippen molar-refractivity contribution >= 4 is 0 Å². The van der Waals surface area contributed by atoms with Gasteiger partial charge in [-0.15, -0.1) is 0 Å². The Kier molecular flexibility index (Phi) is 14.1. The summed E-state index contributed by atoms with van der Waals surface area (Å²) in [6, 6.07) is 0. The van der Waals surface area contributed by atoms with Gasteiger partial charge in [-0.25, -0.2) is 0 Å². The monoisotopic (exact) mass is 609 g/mol. The largest absolute Gasteiger partial charge is 0.385 e. The summed E-state index contributed by atoms with van der Waals surface area (Å²) in [7, 11) is 0. The number of epoxide rings is 5. The van der Waals surface area contributed by atoms with Gasteiger partial charge in [0.15, 0.2) is 0 Å². The van der Waals surface area contributed by atoms with E-state index in [1.54, 1.807) is 0 Å². The van der Waals surface area contributed by atoms with Crippen LogP contribution in [0.5, 0.6) is 0 Å². The minimum absolute atomic E-state index is 0. The molecule has 0 aliphatic carbocycles. The molecule has 1 radical (unpaired) electrons. The van der Waals surface area contributed by atoms with Gasteiger partial charge in [0, 0.05) is 32.7 Å². The van der Waals surface area contributed by atoms with Crippen LogP contribution >= 0.6 is 0 Å². The van der Waals surface area contributed by atoms with Crippen molar-refractivity contribution in [2.24, 2.45) is 0 Å². The van der Waals surface area contributed by atoms with Crippen molar-refractivity contribution in [3.05, 3.63) is 0 Å². The molecule has 12 heteroatoms. The van der Waals surface area contributed by atoms with Crippen molar-refractivity contribution in [2.45, 2.75) is 68.4 Å². The topological polar surface area (TPSA) is 129 Å². The molecule has 0 saturated carbocycles. The van der Waals surface area contributed by atoms with E-state index in [9.17, 15) is 5.11 Å². The zero-order valence-electron chi connectivity index (χ0n) is 22.3. The van der Waals surface area contributed by atoms with Crippen molar-refractivity contribution in [1.82, 2.24) is 0 Å². The predicted octanol–water partition coefficient (Wildman–Crippen LogP) is 0.337. The molecule has 5 atom stereocenters. The van der Waals surface area contributed by atoms with Gasteiger partial charge >= 0.3 is 0 Å². The van der Waals surface area contributed by atoms with E-state index in [1.807, 2.05) is 6.92 Å². The maximum Gasteiger partial charge on any atom is 0.114 e. The van der Waals surface area contributed by atoms with Gasteiger partial charge in [0.1, 0.15) is 41.7 Å². The molecular weight excluding hydrogens is 565 g/mol. The van der Waals surface area contributed by atoms with Crippen LogP contribution < -0.4 is 0 Å². The first-order valence-corrected chi connectivity index (χ1v) is 13.3. The van der Waals surface area contributed by atoms with E-state index in [-0.39, 0.29) is 63.2 Å². The Morgan fingerprint density at radius 3 is 1.19 bits per heavy atom. The van der Waals surface area contributed by atoms with Crippen LogP contribution in [0.1, 0.15) is 26.7 Å². The molecule has 5 rings (SSSR count). The summed E-state index contributed by atoms with van der Waals surface area (Å²) in [4.78, 5) is 0. The third-order valence-corrected chi connectivity index (χ3v) is 6.58. The van der Waals surface area contributed by atoms with Crippen LogP contribution in [-0.2, 0) is 80.1 Å². The fraction of sp³-hybridized carbons (Fsp3) is 1.00. The molecular formula is C25H44O11Y. The Hall–Kier alpha value is 0.664. The summed E-state index contributed by atoms with van der Waals surface area (Å²) >= 11 is 0. The Morgan fingerprint density at radius 1 is 0.568 bits per heavy atom. The number of aliphatic hydroxyl groups is 1. The molecule has 11 nitrogen and oxygen atoms in total. The fourth-order valence-electron chi connectivity index (χ4n) is 3.28. The first-order valence-electron chi connectivity index (χ1n) is 13.3. The molecule has 0 aromatic rings. The molecule has 0 aromatic heterocycles. The van der Waals surface area contributed by atoms with Crippen LogP contribution in [-0.4, -0.2) is 139 Å². The Bertz CT molecular complexity index is 586. The Morgan fingerprint density at radius 2 is 0.892 bits per heavy atom. The predicted molar refractivity (Wildman–Crippen MR) is 126 cm³/mol. The van der Waals surface area contributed by atoms with Crippen molar-refractivity contribution in [1.29, 1.82) is 0 Å². The Balaban J connectivity index is 0.000000205. The van der Waals surface area contributed by atoms with Gasteiger partial charge < -0.3 is 52.5 Å². The van der Waals surface area contributed by atoms with E-state index in [0.717, 1.165) is 39.5 Å². The van der Waals surface area contributed by atoms with Crippen LogP contribution in [0.15, 0.2) is 0 Å². The van der Waals surface area contributed by atoms with Crippen molar-refractivity contribution in [2.75, 3.05) is 92.5 Å². The quantitative estimate of drug-likeness (QED) is 0.181. The molecule has 0 aromatic carbocycles. The van der Waals surface area contributed by atoms with E-state index in [1.165, 1.54) is 0 Å². The fourth-order valence-corrected chi connectivity index (χ4v) is 3.28. The average Bonchev–Trinajstić information content (AvgIpc) is 3.69. The molecule has 5 saturated heterocycles. The summed E-state index contributed by atoms with van der Waals surface area (Å²) in [6.45, 7) is 12.7. The first-order chi connectivity index (χ1) is 17.5. The number of hydrogen-bond acceptors (Lipinski definition) is 11. The second-order valence-electron chi connectivity index (χ2n) is 10.3. The van der Waals surface area contributed by atoms with Crippen LogP contribution in [0, 0.1) is 0 Å². The molecule has 5 aliphatic rings. The van der Waals surface area contributed by atoms with Gasteiger partial charge in [0.2, 0.25) is 0 Å². The van der Waals surface area contributed by atoms with E-state index < -0.39 is 11.2 Å². The van der Waals surface area contributed by atoms with Gasteiger partial charge in [-0.1, -0.05) is 13.8 Å². The summed E-state index contributed by atoms with van der Waals surface area (Å²) in [5.74, 6) is 0. The maximum atomic E-state index is 10.2. The second kappa shape index (κ2) is 16.2. The Labute approximate surface area is 245 Å². The van der Waals surface area contributed by atoms with Gasteiger partial charge in [0.05, 0.1) is 92.5 Å². The molecule has 5 fully saturated rings. The molecule has 0 spiro atoms. The molecule has 5 heterocycles. The van der Waals surface area contributed by atoms with Gasteiger partial charge in [-0.3, -0.25) is 0 Å². The van der Waals surface area contributed by atoms with Gasteiger partial charge in [0.25, 0.3) is 0 Å². The summed E-state index contributed by atoms with van der Waals surface area (Å²) < 4.78 is 53.9. The van der Waals surface area contributed by atoms with E-state index in [2.05, 4.69) is 6.92 Å². The SMILES string of the molecule is CCC(COCC1CO1)(COCC1CO1)OCC1CO1.CCC(O)(COCC1CO1)COCC1CO1.[Y]. The second-order valence-corrected chi connectivity index (χ2v) is 10.3. The van der Waals surface area contributed by atoms with Gasteiger partial charge in [-0.05, 0) is 12.8 Å². The number of rotatable bonds is 21. The first kappa shape index (κ1) is 32.2. The van der Waals surface area contributed by atoms with Crippen LogP contribution in [0.3, 0.4) is 0 Å². The molecule has 5 aliphatic heterocycles. The number of ether oxygens (including phenoxy) is 10. The third-order valence-electron chi connectivity index (χ3n) is 6.58. The van der Waals surface area contributed by atoms with Crippen LogP contribution in [0.25, 0.3) is 0 Å². The standard InChI is InChI=1S/C14H24O6.C11H20O5.Y/c1-2-14(20-8-13-7-19-13,9-15-3-11-5-17-11)10-16-4-12-6-18-12;1-2-11(12,7-13-3-9-5-15-9)8-14-4-10-6-16-10;/h11-13H,2-10H2,1H3;9-10,12H,2-8H2,1H3;. The molecule has 5 unspecified atom stereocenters. The van der Waals surface area contributed by atoms with Crippen LogP contribution in [0.2, 0.25) is 0 Å². The van der Waals surface area contributed by atoms with E-state index >= 15 is 0 Å². The minimum Gasteiger partial charge on any atom is -0.385 e. The van der Waals surface area contributed by atoms with E-state index in [4.69, 9.17) is 47.4 Å². The zero-order chi connectivity index (χ0) is 25.3. The van der Waals surface area contributed by atoms with Gasteiger partial charge in [-0.2, -0.15) is 0 Å². The third kappa shape index (κ3) is 14.2. The zero-order valence-corrected chi connectivity index (χ0v) is 25.1. The minimum atomic E-state index is -0.885. The molecule has 1 N–H and O–H groups in total. The smallest absolute Gasteiger partial charge is 0.114 e. The molecule has 0 bridgehead atoms. The van der Waals surface area contributed by atoms with E-state index in [0.29, 0.717) is 65.9 Å². The van der Waals surface area contributed by atoms with Crippen molar-refractivity contribution in [3.8, 4) is 0 Å². The normalized spacial score (nSPS) is 31.7. The summed E-state index contributed by atoms with van der Waals surface area (Å²) in [6.07, 6.45) is 2.73. The van der Waals surface area contributed by atoms with Crippen molar-refractivity contribution in [3.63, 3.8) is 0 Å². The summed E-state index contributed by atoms with van der Waals surface area (Å²) in [5.41, 5.74) is -1.28. The summed E-state index contributed by atoms with van der Waals surface area (Å²) in [5, 5.41) is 10.2. The van der Waals surface area contributed by atoms with Crippen LogP contribution in [0.4, 0.5) is 0 Å². The molecule has 213 valence electrons. The molecule has 37 heavy (non-hydrogen) atoms. The maximum absolute atomic E-state index is 10.2. The molecule has 0 amide bonds. The van der Waals surface area contributed by atoms with Crippen molar-refractivity contribution < 1.29 is 85.2 Å². The average molecular weight is 610 g/mol. The number of hydrogen-bond donors (Lipinski definition) is 1.